The second-order valence-electron chi connectivity index (χ2n) is 6.67. The molecule has 148 valence electrons. The minimum absolute atomic E-state index is 0.0361. The van der Waals surface area contributed by atoms with Crippen molar-refractivity contribution in [1.82, 2.24) is 4.98 Å². The quantitative estimate of drug-likeness (QED) is 0.621. The zero-order valence-corrected chi connectivity index (χ0v) is 16.0. The van der Waals surface area contributed by atoms with Crippen molar-refractivity contribution in [2.45, 2.75) is 12.8 Å². The smallest absolute Gasteiger partial charge is 0.266 e. The summed E-state index contributed by atoms with van der Waals surface area (Å²) in [6, 6.07) is 9.96. The number of carbonyl (C=O) groups is 1. The van der Waals surface area contributed by atoms with Crippen LogP contribution in [0.5, 0.6) is 5.75 Å². The van der Waals surface area contributed by atoms with Gasteiger partial charge in [0.05, 0.1) is 12.0 Å². The van der Waals surface area contributed by atoms with Gasteiger partial charge in [-0.2, -0.15) is 10.2 Å². The third kappa shape index (κ3) is 3.91. The number of phenols is 1. The van der Waals surface area contributed by atoms with Gasteiger partial charge in [-0.1, -0.05) is 11.6 Å². The number of hydrogen-bond acceptors (Lipinski definition) is 7. The number of nitrogens with zero attached hydrogens (tertiary/aromatic N) is 3. The molecular formula is C20H17ClN4O4. The Kier molecular flexibility index (Phi) is 5.14. The predicted octanol–water partition coefficient (Wildman–Crippen LogP) is 4.02. The van der Waals surface area contributed by atoms with Crippen LogP contribution in [-0.4, -0.2) is 29.1 Å². The number of piperidine rings is 1. The minimum Gasteiger partial charge on any atom is -0.506 e. The molecule has 0 spiro atoms. The highest BCUT2D eigenvalue weighted by molar-refractivity contribution is 6.31. The fraction of sp³-hybridized carbons (Fsp3) is 0.250. The van der Waals surface area contributed by atoms with Gasteiger partial charge in [0.25, 0.3) is 5.89 Å². The van der Waals surface area contributed by atoms with E-state index in [1.807, 2.05) is 11.0 Å². The van der Waals surface area contributed by atoms with Crippen molar-refractivity contribution in [2.75, 3.05) is 23.3 Å². The zero-order valence-electron chi connectivity index (χ0n) is 15.3. The van der Waals surface area contributed by atoms with E-state index in [0.717, 1.165) is 0 Å². The van der Waals surface area contributed by atoms with E-state index in [-0.39, 0.29) is 34.8 Å². The number of halogens is 1. The van der Waals surface area contributed by atoms with Gasteiger partial charge in [-0.05, 0) is 43.2 Å². The average Bonchev–Trinajstić information content (AvgIpc) is 3.40. The number of carbonyl (C=O) groups excluding carboxylic acids is 1. The summed E-state index contributed by atoms with van der Waals surface area (Å²) in [5.41, 5.74) is 0.471. The molecule has 1 saturated heterocycles. The van der Waals surface area contributed by atoms with Gasteiger partial charge in [0.15, 0.2) is 5.76 Å². The lowest BCUT2D eigenvalue weighted by Gasteiger charge is -2.31. The molecule has 4 rings (SSSR count). The highest BCUT2D eigenvalue weighted by Gasteiger charge is 2.29. The molecule has 0 radical (unpaired) electrons. The number of aromatic hydroxyl groups is 1. The van der Waals surface area contributed by atoms with E-state index in [9.17, 15) is 15.2 Å². The van der Waals surface area contributed by atoms with Crippen LogP contribution in [0.1, 0.15) is 18.5 Å². The van der Waals surface area contributed by atoms with Crippen LogP contribution in [0.3, 0.4) is 0 Å². The molecule has 1 fully saturated rings. The molecule has 8 nitrogen and oxygen atoms in total. The molecular weight excluding hydrogens is 396 g/mol. The summed E-state index contributed by atoms with van der Waals surface area (Å²) in [4.78, 5) is 18.7. The van der Waals surface area contributed by atoms with Gasteiger partial charge >= 0.3 is 0 Å². The largest absolute Gasteiger partial charge is 0.506 e. The van der Waals surface area contributed by atoms with Gasteiger partial charge in [0, 0.05) is 24.0 Å². The van der Waals surface area contributed by atoms with Gasteiger partial charge < -0.3 is 24.2 Å². The van der Waals surface area contributed by atoms with Crippen LogP contribution < -0.4 is 10.2 Å². The van der Waals surface area contributed by atoms with E-state index >= 15 is 0 Å². The van der Waals surface area contributed by atoms with Gasteiger partial charge in [-0.15, -0.1) is 0 Å². The van der Waals surface area contributed by atoms with E-state index < -0.39 is 0 Å². The summed E-state index contributed by atoms with van der Waals surface area (Å²) in [6.45, 7) is 1.06. The fourth-order valence-electron chi connectivity index (χ4n) is 3.29. The lowest BCUT2D eigenvalue weighted by Crippen LogP contribution is -2.38. The number of amides is 1. The Morgan fingerprint density at radius 1 is 1.34 bits per heavy atom. The lowest BCUT2D eigenvalue weighted by atomic mass is 9.95. The van der Waals surface area contributed by atoms with Crippen LogP contribution in [0.2, 0.25) is 5.02 Å². The summed E-state index contributed by atoms with van der Waals surface area (Å²) in [6.07, 6.45) is 2.64. The monoisotopic (exact) mass is 412 g/mol. The van der Waals surface area contributed by atoms with Crippen molar-refractivity contribution in [3.63, 3.8) is 0 Å². The molecule has 9 heteroatoms. The van der Waals surface area contributed by atoms with Crippen LogP contribution in [-0.2, 0) is 4.79 Å². The number of rotatable bonds is 4. The zero-order chi connectivity index (χ0) is 20.4. The topological polar surface area (TPSA) is 116 Å². The molecule has 0 aliphatic carbocycles. The lowest BCUT2D eigenvalue weighted by molar-refractivity contribution is -0.120. The number of nitriles is 1. The second-order valence-corrected chi connectivity index (χ2v) is 7.11. The van der Waals surface area contributed by atoms with Crippen molar-refractivity contribution in [2.24, 2.45) is 5.92 Å². The van der Waals surface area contributed by atoms with Crippen molar-refractivity contribution < 1.29 is 18.7 Å². The second kappa shape index (κ2) is 7.89. The normalized spacial score (nSPS) is 14.6. The third-order valence-electron chi connectivity index (χ3n) is 4.82. The molecule has 2 aromatic heterocycles. The summed E-state index contributed by atoms with van der Waals surface area (Å²) in [5.74, 6) is 0.622. The Bertz CT molecular complexity index is 1060. The van der Waals surface area contributed by atoms with Crippen LogP contribution in [0.15, 0.2) is 45.4 Å². The van der Waals surface area contributed by atoms with Crippen molar-refractivity contribution in [1.29, 1.82) is 5.26 Å². The first-order chi connectivity index (χ1) is 14.0. The number of furan rings is 1. The van der Waals surface area contributed by atoms with Gasteiger partial charge in [0.2, 0.25) is 17.5 Å². The Morgan fingerprint density at radius 2 is 2.14 bits per heavy atom. The summed E-state index contributed by atoms with van der Waals surface area (Å²) >= 11 is 5.92. The highest BCUT2D eigenvalue weighted by atomic mass is 35.5. The molecule has 0 bridgehead atoms. The Balaban J connectivity index is 1.42. The number of anilines is 2. The Labute approximate surface area is 171 Å². The van der Waals surface area contributed by atoms with E-state index in [1.165, 1.54) is 18.4 Å². The molecule has 2 N–H and O–H groups in total. The molecule has 3 aromatic rings. The molecule has 0 unspecified atom stereocenters. The molecule has 3 heterocycles. The van der Waals surface area contributed by atoms with E-state index in [1.54, 1.807) is 18.2 Å². The van der Waals surface area contributed by atoms with Gasteiger partial charge in [-0.25, -0.2) is 0 Å². The Morgan fingerprint density at radius 3 is 2.83 bits per heavy atom. The molecule has 29 heavy (non-hydrogen) atoms. The van der Waals surface area contributed by atoms with Crippen LogP contribution >= 0.6 is 11.6 Å². The number of hydrogen-bond donors (Lipinski definition) is 2. The standard InChI is InChI=1S/C20H17ClN4O4/c21-13-3-4-16(26)14(10-13)23-18(27)12-5-7-25(8-6-12)20-15(11-22)24-19(29-20)17-2-1-9-28-17/h1-4,9-10,12,26H,5-8H2,(H,23,27). The Hall–Kier alpha value is -3.44. The van der Waals surface area contributed by atoms with Crippen LogP contribution in [0.4, 0.5) is 11.6 Å². The van der Waals surface area contributed by atoms with Crippen LogP contribution in [0, 0.1) is 17.2 Å². The summed E-state index contributed by atoms with van der Waals surface area (Å²) < 4.78 is 11.0. The van der Waals surface area contributed by atoms with Crippen molar-refractivity contribution in [3.8, 4) is 23.5 Å². The average molecular weight is 413 g/mol. The highest BCUT2D eigenvalue weighted by Crippen LogP contribution is 2.32. The van der Waals surface area contributed by atoms with E-state index in [2.05, 4.69) is 10.3 Å². The van der Waals surface area contributed by atoms with Crippen molar-refractivity contribution in [3.05, 3.63) is 47.3 Å². The number of benzene rings is 1. The number of aromatic nitrogens is 1. The molecule has 1 aliphatic rings. The third-order valence-corrected chi connectivity index (χ3v) is 5.05. The maximum absolute atomic E-state index is 12.6. The summed E-state index contributed by atoms with van der Waals surface area (Å²) in [5, 5.41) is 22.4. The molecule has 1 amide bonds. The first-order valence-corrected chi connectivity index (χ1v) is 9.42. The molecule has 1 aliphatic heterocycles. The number of oxazole rings is 1. The maximum atomic E-state index is 12.6. The maximum Gasteiger partial charge on any atom is 0.266 e. The first-order valence-electron chi connectivity index (χ1n) is 9.04. The minimum atomic E-state index is -0.234. The first kappa shape index (κ1) is 18.9. The molecule has 1 aromatic carbocycles. The fourth-order valence-corrected chi connectivity index (χ4v) is 3.46. The molecule has 0 saturated carbocycles. The van der Waals surface area contributed by atoms with Gasteiger partial charge in [-0.3, -0.25) is 4.79 Å². The number of nitrogens with one attached hydrogen (secondary N) is 1. The van der Waals surface area contributed by atoms with Crippen molar-refractivity contribution >= 4 is 29.1 Å². The number of phenolic OH excluding ortho intramolecular Hbond substituents is 1. The molecule has 0 atom stereocenters. The van der Waals surface area contributed by atoms with Crippen LogP contribution in [0.25, 0.3) is 11.7 Å². The van der Waals surface area contributed by atoms with E-state index in [0.29, 0.717) is 42.6 Å². The summed E-state index contributed by atoms with van der Waals surface area (Å²) in [7, 11) is 0. The van der Waals surface area contributed by atoms with E-state index in [4.69, 9.17) is 20.4 Å². The SMILES string of the molecule is N#Cc1nc(-c2ccco2)oc1N1CCC(C(=O)Nc2cc(Cl)ccc2O)CC1. The predicted molar refractivity (Wildman–Crippen MR) is 106 cm³/mol. The van der Waals surface area contributed by atoms with Gasteiger partial charge in [0.1, 0.15) is 11.8 Å².